The van der Waals surface area contributed by atoms with Gasteiger partial charge in [-0.3, -0.25) is 9.97 Å². The lowest BCUT2D eigenvalue weighted by atomic mass is 9.91. The van der Waals surface area contributed by atoms with Crippen LogP contribution in [0.15, 0.2) is 522 Å². The van der Waals surface area contributed by atoms with E-state index in [1.54, 1.807) is 0 Å². The van der Waals surface area contributed by atoms with Crippen LogP contribution in [-0.2, 0) is 0 Å². The highest BCUT2D eigenvalue weighted by molar-refractivity contribution is 6.14. The smallest absolute Gasteiger partial charge is 0.164 e. The van der Waals surface area contributed by atoms with E-state index >= 15 is 0 Å². The van der Waals surface area contributed by atoms with Gasteiger partial charge in [0.1, 0.15) is 0 Å². The largest absolute Gasteiger partial charge is 0.253 e. The molecule has 0 radical (unpaired) electrons. The van der Waals surface area contributed by atoms with E-state index in [0.717, 1.165) is 156 Å². The summed E-state index contributed by atoms with van der Waals surface area (Å²) in [6.45, 7) is 6.14. The van der Waals surface area contributed by atoms with Gasteiger partial charge in [0.2, 0.25) is 0 Å². The Balaban J connectivity index is 0.000000123. The molecule has 0 amide bonds. The number of fused-ring (bicyclic) bond motifs is 3. The Bertz CT molecular complexity index is 8830. The zero-order chi connectivity index (χ0) is 100. The Morgan fingerprint density at radius 2 is 0.369 bits per heavy atom. The van der Waals surface area contributed by atoms with E-state index in [0.29, 0.717) is 58.2 Å². The molecule has 19 aromatic carbocycles. The fourth-order valence-electron chi connectivity index (χ4n) is 18.9. The number of pyridine rings is 2. The van der Waals surface area contributed by atoms with Gasteiger partial charge in [0.05, 0.1) is 11.4 Å². The topological polar surface area (TPSA) is 168 Å². The standard InChI is InChI=1S/C46H33N3.C45H29N5.C45H33N5/c1-32-12-11-19-40(28-32)35-22-26-37(27-23-35)42-29-41(36-24-20-34(21-25-36)33-13-5-2-6-14-33)30-43(31-42)46-48-44(38-15-7-3-8-16-38)47-45(49-46)39-17-9-4-10-18-39;1-4-14-30(15-5-1)37-28-46-42(47-29-37)35-24-34(41-27-33-20-10-11-21-38(33)39-22-12-13-23-40(39)41)25-36(26-35)45-49-43(31-16-6-2-7-17-31)48-44(50-45)32-18-8-3-9-19-32;1-30-13-9-23-41(46-30)34-19-11-21-36(25-34)43-48-44(37-22-12-20-35(26-37)42-24-10-14-31(2)47-42)50-45(49-43)40-28-38(32-15-5-3-6-16-32)27-39(29-40)33-17-7-4-8-18-33/h2-31H,1H3;1-29H;3-29H,1-2H3. The quantitative estimate of drug-likeness (QED) is 0.0662. The number of benzene rings is 19. The summed E-state index contributed by atoms with van der Waals surface area (Å²) in [5.74, 6) is 6.12. The fourth-order valence-corrected chi connectivity index (χ4v) is 18.9. The molecule has 6 heterocycles. The Kier molecular flexibility index (Phi) is 26.6. The molecule has 0 fully saturated rings. The maximum atomic E-state index is 5.16. The third-order valence-corrected chi connectivity index (χ3v) is 26.4. The first-order valence-electron chi connectivity index (χ1n) is 49.8. The van der Waals surface area contributed by atoms with E-state index in [1.807, 2.05) is 245 Å². The lowest BCUT2D eigenvalue weighted by Crippen LogP contribution is -2.01. The van der Waals surface area contributed by atoms with Crippen LogP contribution in [0.3, 0.4) is 0 Å². The highest BCUT2D eigenvalue weighted by Gasteiger charge is 2.23. The predicted molar refractivity (Wildman–Crippen MR) is 609 cm³/mol. The van der Waals surface area contributed by atoms with Gasteiger partial charge in [0.25, 0.3) is 0 Å². The highest BCUT2D eigenvalue weighted by Crippen LogP contribution is 2.43. The van der Waals surface area contributed by atoms with Crippen LogP contribution in [0.5, 0.6) is 0 Å². The zero-order valence-electron chi connectivity index (χ0n) is 82.0. The molecule has 13 heteroatoms. The van der Waals surface area contributed by atoms with Gasteiger partial charge < -0.3 is 0 Å². The van der Waals surface area contributed by atoms with E-state index in [4.69, 9.17) is 64.8 Å². The van der Waals surface area contributed by atoms with Crippen LogP contribution < -0.4 is 0 Å². The molecule has 13 nitrogen and oxygen atoms in total. The number of rotatable bonds is 20. The average Bonchev–Trinajstić information content (AvgIpc) is 0.753. The summed E-state index contributed by atoms with van der Waals surface area (Å²) >= 11 is 0. The van der Waals surface area contributed by atoms with E-state index in [9.17, 15) is 0 Å². The predicted octanol–water partition coefficient (Wildman–Crippen LogP) is 33.8. The summed E-state index contributed by atoms with van der Waals surface area (Å²) in [5, 5.41) is 4.77. The molecular formula is C136H95N13. The third-order valence-electron chi connectivity index (χ3n) is 26.4. The molecule has 0 spiro atoms. The monoisotopic (exact) mass is 1910 g/mol. The van der Waals surface area contributed by atoms with Crippen LogP contribution in [0, 0.1) is 20.8 Å². The van der Waals surface area contributed by atoms with E-state index < -0.39 is 0 Å². The Hall–Kier alpha value is -19.9. The fraction of sp³-hybridized carbons (Fsp3) is 0.0221. The van der Waals surface area contributed by atoms with Crippen LogP contribution >= 0.6 is 0 Å². The van der Waals surface area contributed by atoms with Crippen molar-refractivity contribution in [1.82, 2.24) is 64.8 Å². The first-order chi connectivity index (χ1) is 73.5. The van der Waals surface area contributed by atoms with Gasteiger partial charge in [-0.25, -0.2) is 54.8 Å². The summed E-state index contributed by atoms with van der Waals surface area (Å²) in [5.41, 5.74) is 33.9. The molecule has 0 saturated carbocycles. The van der Waals surface area contributed by atoms with E-state index in [1.165, 1.54) is 49.4 Å². The Morgan fingerprint density at radius 3 is 0.745 bits per heavy atom. The molecule has 0 atom stereocenters. The summed E-state index contributed by atoms with van der Waals surface area (Å²) in [6.07, 6.45) is 3.78. The van der Waals surface area contributed by atoms with Crippen molar-refractivity contribution in [2.45, 2.75) is 20.8 Å². The molecule has 25 aromatic rings. The van der Waals surface area contributed by atoms with Gasteiger partial charge in [0, 0.05) is 96.1 Å². The maximum Gasteiger partial charge on any atom is 0.164 e. The zero-order valence-corrected chi connectivity index (χ0v) is 82.0. The number of aryl methyl sites for hydroxylation is 3. The molecular weight excluding hydrogens is 1820 g/mol. The maximum absolute atomic E-state index is 5.16. The molecule has 0 N–H and O–H groups in total. The van der Waals surface area contributed by atoms with Crippen molar-refractivity contribution in [1.29, 1.82) is 0 Å². The molecule has 0 aliphatic rings. The minimum absolute atomic E-state index is 0.576. The summed E-state index contributed by atoms with van der Waals surface area (Å²) in [6, 6.07) is 176. The van der Waals surface area contributed by atoms with Crippen LogP contribution in [0.25, 0.3) is 247 Å². The SMILES string of the molecule is Cc1cccc(-c2ccc(-c3cc(-c4ccc(-c5ccccc5)cc4)cc(-c4nc(-c5ccccc5)nc(-c5ccccc5)n4)c3)cc2)c1.Cc1cccc(-c2cccc(-c3nc(-c4cc(-c5ccccc5)cc(-c5ccccc5)c4)nc(-c4cccc(-c5cccc(C)n5)c4)n3)c2)n1.c1ccc(-c2cnc(-c3cc(-c4nc(-c5ccccc5)nc(-c5ccccc5)n4)cc(-c4cc5ccccc5c5ccccc45)c3)nc2)cc1. The minimum atomic E-state index is 0.576. The third kappa shape index (κ3) is 21.2. The average molecular weight is 1910 g/mol. The molecule has 0 saturated heterocycles. The second-order valence-corrected chi connectivity index (χ2v) is 36.7. The molecule has 25 rings (SSSR count). The van der Waals surface area contributed by atoms with Crippen molar-refractivity contribution in [2.24, 2.45) is 0 Å². The Morgan fingerprint density at radius 1 is 0.128 bits per heavy atom. The van der Waals surface area contributed by atoms with Crippen molar-refractivity contribution in [3.8, 4) is 225 Å². The first kappa shape index (κ1) is 92.8. The van der Waals surface area contributed by atoms with Crippen LogP contribution in [0.2, 0.25) is 0 Å². The Labute approximate surface area is 865 Å². The van der Waals surface area contributed by atoms with Gasteiger partial charge in [-0.05, 0) is 223 Å². The van der Waals surface area contributed by atoms with Crippen molar-refractivity contribution in [3.05, 3.63) is 539 Å². The van der Waals surface area contributed by atoms with Crippen LogP contribution in [0.4, 0.5) is 0 Å². The van der Waals surface area contributed by atoms with Crippen molar-refractivity contribution >= 4 is 21.5 Å². The second kappa shape index (κ2) is 42.7. The van der Waals surface area contributed by atoms with Crippen molar-refractivity contribution < 1.29 is 0 Å². The van der Waals surface area contributed by atoms with Gasteiger partial charge in [-0.2, -0.15) is 0 Å². The van der Waals surface area contributed by atoms with E-state index in [-0.39, 0.29) is 0 Å². The van der Waals surface area contributed by atoms with Gasteiger partial charge in [0.15, 0.2) is 58.2 Å². The van der Waals surface area contributed by atoms with Crippen LogP contribution in [0.1, 0.15) is 17.0 Å². The summed E-state index contributed by atoms with van der Waals surface area (Å²) < 4.78 is 0. The minimum Gasteiger partial charge on any atom is -0.253 e. The summed E-state index contributed by atoms with van der Waals surface area (Å²) in [7, 11) is 0. The normalized spacial score (nSPS) is 11.1. The molecule has 6 aromatic heterocycles. The molecule has 0 bridgehead atoms. The molecule has 0 aliphatic heterocycles. The lowest BCUT2D eigenvalue weighted by Gasteiger charge is -2.14. The molecule has 0 aliphatic carbocycles. The van der Waals surface area contributed by atoms with Gasteiger partial charge >= 0.3 is 0 Å². The van der Waals surface area contributed by atoms with E-state index in [2.05, 4.69) is 298 Å². The lowest BCUT2D eigenvalue weighted by molar-refractivity contribution is 1.07. The molecule has 704 valence electrons. The number of hydrogen-bond donors (Lipinski definition) is 0. The molecule has 149 heavy (non-hydrogen) atoms. The number of nitrogens with zero attached hydrogens (tertiary/aromatic N) is 13. The molecule has 0 unspecified atom stereocenters. The van der Waals surface area contributed by atoms with Gasteiger partial charge in [-0.1, -0.05) is 418 Å². The number of hydrogen-bond acceptors (Lipinski definition) is 13. The highest BCUT2D eigenvalue weighted by atomic mass is 15.1. The van der Waals surface area contributed by atoms with Crippen molar-refractivity contribution in [2.75, 3.05) is 0 Å². The van der Waals surface area contributed by atoms with Crippen LogP contribution in [-0.4, -0.2) is 64.8 Å². The summed E-state index contributed by atoms with van der Waals surface area (Å²) in [4.78, 5) is 64.8. The number of aromatic nitrogens is 13. The van der Waals surface area contributed by atoms with Gasteiger partial charge in [-0.15, -0.1) is 0 Å². The van der Waals surface area contributed by atoms with Crippen molar-refractivity contribution in [3.63, 3.8) is 0 Å². The first-order valence-corrected chi connectivity index (χ1v) is 49.8. The second-order valence-electron chi connectivity index (χ2n) is 36.7.